The predicted molar refractivity (Wildman–Crippen MR) is 79.5 cm³/mol. The number of aliphatic imine (C=N–C) groups is 1. The van der Waals surface area contributed by atoms with Gasteiger partial charge in [-0.05, 0) is 43.9 Å². The van der Waals surface area contributed by atoms with Crippen molar-refractivity contribution in [2.45, 2.75) is 38.5 Å². The molecule has 0 spiro atoms. The number of guanidine groups is 1. The summed E-state index contributed by atoms with van der Waals surface area (Å²) in [4.78, 5) is 6.66. The van der Waals surface area contributed by atoms with Crippen LogP contribution in [0.5, 0.6) is 0 Å². The van der Waals surface area contributed by atoms with E-state index < -0.39 is 0 Å². The lowest BCUT2D eigenvalue weighted by Gasteiger charge is -2.30. The average molecular weight is 267 g/mol. The Morgan fingerprint density at radius 2 is 1.95 bits per heavy atom. The maximum absolute atomic E-state index is 5.41. The Bertz CT molecular complexity index is 283. The van der Waals surface area contributed by atoms with E-state index in [1.807, 2.05) is 7.05 Å². The maximum Gasteiger partial charge on any atom is 0.193 e. The first-order valence-corrected chi connectivity index (χ1v) is 7.79. The highest BCUT2D eigenvalue weighted by Gasteiger charge is 2.19. The summed E-state index contributed by atoms with van der Waals surface area (Å²) in [5.41, 5.74) is 0. The molecule has 2 fully saturated rings. The molecular weight excluding hydrogens is 238 g/mol. The molecule has 1 N–H and O–H groups in total. The Balaban J connectivity index is 1.65. The summed E-state index contributed by atoms with van der Waals surface area (Å²) >= 11 is 0. The molecule has 0 aromatic carbocycles. The van der Waals surface area contributed by atoms with Crippen LogP contribution in [0, 0.1) is 11.8 Å². The van der Waals surface area contributed by atoms with Crippen LogP contribution in [0.1, 0.15) is 38.5 Å². The van der Waals surface area contributed by atoms with Crippen LogP contribution in [0.3, 0.4) is 0 Å². The van der Waals surface area contributed by atoms with Crippen molar-refractivity contribution in [1.82, 2.24) is 10.2 Å². The first-order chi connectivity index (χ1) is 9.29. The van der Waals surface area contributed by atoms with Crippen molar-refractivity contribution in [2.75, 3.05) is 40.4 Å². The number of rotatable bonds is 5. The van der Waals surface area contributed by atoms with Crippen molar-refractivity contribution in [2.24, 2.45) is 16.8 Å². The van der Waals surface area contributed by atoms with Gasteiger partial charge in [0.15, 0.2) is 5.96 Å². The summed E-state index contributed by atoms with van der Waals surface area (Å²) in [6, 6.07) is 0. The first-order valence-electron chi connectivity index (χ1n) is 7.79. The van der Waals surface area contributed by atoms with Gasteiger partial charge in [-0.3, -0.25) is 4.99 Å². The fourth-order valence-electron chi connectivity index (χ4n) is 2.83. The molecule has 2 rings (SSSR count). The van der Waals surface area contributed by atoms with Crippen molar-refractivity contribution in [3.63, 3.8) is 0 Å². The molecule has 4 heteroatoms. The zero-order valence-electron chi connectivity index (χ0n) is 12.5. The Labute approximate surface area is 117 Å². The quantitative estimate of drug-likeness (QED) is 0.612. The molecule has 0 aromatic rings. The molecule has 1 saturated heterocycles. The second-order valence-electron chi connectivity index (χ2n) is 5.99. The lowest BCUT2D eigenvalue weighted by atomic mass is 9.85. The second-order valence-corrected chi connectivity index (χ2v) is 5.99. The fraction of sp³-hybridized carbons (Fsp3) is 0.933. The highest BCUT2D eigenvalue weighted by atomic mass is 16.5. The van der Waals surface area contributed by atoms with E-state index in [0.717, 1.165) is 44.1 Å². The Morgan fingerprint density at radius 3 is 2.53 bits per heavy atom. The van der Waals surface area contributed by atoms with Crippen LogP contribution in [-0.4, -0.2) is 51.3 Å². The van der Waals surface area contributed by atoms with Crippen LogP contribution in [0.2, 0.25) is 0 Å². The Hall–Kier alpha value is -0.770. The van der Waals surface area contributed by atoms with Gasteiger partial charge >= 0.3 is 0 Å². The largest absolute Gasteiger partial charge is 0.381 e. The molecule has 110 valence electrons. The first kappa shape index (κ1) is 14.6. The summed E-state index contributed by atoms with van der Waals surface area (Å²) in [6.45, 7) is 4.08. The third-order valence-electron chi connectivity index (χ3n) is 4.56. The Morgan fingerprint density at radius 1 is 1.21 bits per heavy atom. The predicted octanol–water partition coefficient (Wildman–Crippen LogP) is 2.11. The molecule has 0 atom stereocenters. The van der Waals surface area contributed by atoms with Crippen molar-refractivity contribution in [3.8, 4) is 0 Å². The van der Waals surface area contributed by atoms with Gasteiger partial charge in [-0.2, -0.15) is 0 Å². The molecule has 0 radical (unpaired) electrons. The number of ether oxygens (including phenoxy) is 1. The van der Waals surface area contributed by atoms with Crippen molar-refractivity contribution >= 4 is 5.96 Å². The lowest BCUT2D eigenvalue weighted by Crippen LogP contribution is -2.42. The van der Waals surface area contributed by atoms with Gasteiger partial charge in [-0.15, -0.1) is 0 Å². The zero-order chi connectivity index (χ0) is 13.5. The maximum atomic E-state index is 5.41. The standard InChI is InChI=1S/C15H29N3O/c1-16-15(17-12-14-4-3-5-14)18(2)9-6-13-7-10-19-11-8-13/h13-14H,3-12H2,1-2H3,(H,16,17). The molecule has 2 aliphatic rings. The summed E-state index contributed by atoms with van der Waals surface area (Å²) in [5.74, 6) is 2.76. The van der Waals surface area contributed by atoms with Gasteiger partial charge in [0.2, 0.25) is 0 Å². The monoisotopic (exact) mass is 267 g/mol. The lowest BCUT2D eigenvalue weighted by molar-refractivity contribution is 0.0625. The van der Waals surface area contributed by atoms with Gasteiger partial charge in [0.05, 0.1) is 0 Å². The molecule has 1 aliphatic carbocycles. The van der Waals surface area contributed by atoms with E-state index in [4.69, 9.17) is 4.74 Å². The van der Waals surface area contributed by atoms with E-state index in [1.54, 1.807) is 0 Å². The minimum absolute atomic E-state index is 0.834. The van der Waals surface area contributed by atoms with E-state index >= 15 is 0 Å². The fourth-order valence-corrected chi connectivity index (χ4v) is 2.83. The molecular formula is C15H29N3O. The normalized spacial score (nSPS) is 22.1. The topological polar surface area (TPSA) is 36.9 Å². The molecule has 0 aromatic heterocycles. The smallest absolute Gasteiger partial charge is 0.193 e. The van der Waals surface area contributed by atoms with E-state index in [2.05, 4.69) is 22.3 Å². The molecule has 0 amide bonds. The van der Waals surface area contributed by atoms with Crippen LogP contribution >= 0.6 is 0 Å². The van der Waals surface area contributed by atoms with Gasteiger partial charge in [0, 0.05) is 40.4 Å². The summed E-state index contributed by atoms with van der Waals surface area (Å²) in [7, 11) is 4.03. The van der Waals surface area contributed by atoms with Gasteiger partial charge < -0.3 is 15.0 Å². The second kappa shape index (κ2) is 7.73. The highest BCUT2D eigenvalue weighted by molar-refractivity contribution is 5.79. The van der Waals surface area contributed by atoms with E-state index in [1.165, 1.54) is 38.5 Å². The minimum atomic E-state index is 0.834. The van der Waals surface area contributed by atoms with Crippen LogP contribution in [0.15, 0.2) is 4.99 Å². The SMILES string of the molecule is CN=C(NCC1CCC1)N(C)CCC1CCOCC1. The van der Waals surface area contributed by atoms with E-state index in [9.17, 15) is 0 Å². The zero-order valence-corrected chi connectivity index (χ0v) is 12.5. The molecule has 0 unspecified atom stereocenters. The molecule has 19 heavy (non-hydrogen) atoms. The number of hydrogen-bond acceptors (Lipinski definition) is 2. The van der Waals surface area contributed by atoms with Crippen LogP contribution in [0.4, 0.5) is 0 Å². The van der Waals surface area contributed by atoms with E-state index in [-0.39, 0.29) is 0 Å². The number of nitrogens with one attached hydrogen (secondary N) is 1. The van der Waals surface area contributed by atoms with Crippen LogP contribution < -0.4 is 5.32 Å². The third-order valence-corrected chi connectivity index (χ3v) is 4.56. The van der Waals surface area contributed by atoms with Crippen molar-refractivity contribution < 1.29 is 4.74 Å². The van der Waals surface area contributed by atoms with Gasteiger partial charge in [-0.25, -0.2) is 0 Å². The number of nitrogens with zero attached hydrogens (tertiary/aromatic N) is 2. The van der Waals surface area contributed by atoms with E-state index in [0.29, 0.717) is 0 Å². The average Bonchev–Trinajstić information content (AvgIpc) is 2.40. The van der Waals surface area contributed by atoms with Gasteiger partial charge in [0.1, 0.15) is 0 Å². The Kier molecular flexibility index (Phi) is 5.95. The van der Waals surface area contributed by atoms with Crippen LogP contribution in [0.25, 0.3) is 0 Å². The molecule has 1 saturated carbocycles. The molecule has 1 heterocycles. The highest BCUT2D eigenvalue weighted by Crippen LogP contribution is 2.25. The minimum Gasteiger partial charge on any atom is -0.381 e. The summed E-state index contributed by atoms with van der Waals surface area (Å²) in [5, 5.41) is 3.51. The molecule has 1 aliphatic heterocycles. The molecule has 0 bridgehead atoms. The van der Waals surface area contributed by atoms with Gasteiger partial charge in [0.25, 0.3) is 0 Å². The van der Waals surface area contributed by atoms with Crippen LogP contribution in [-0.2, 0) is 4.74 Å². The molecule has 4 nitrogen and oxygen atoms in total. The van der Waals surface area contributed by atoms with Crippen molar-refractivity contribution in [3.05, 3.63) is 0 Å². The summed E-state index contributed by atoms with van der Waals surface area (Å²) in [6.07, 6.45) is 7.88. The number of hydrogen-bond donors (Lipinski definition) is 1. The third kappa shape index (κ3) is 4.68. The summed E-state index contributed by atoms with van der Waals surface area (Å²) < 4.78 is 5.41. The van der Waals surface area contributed by atoms with Gasteiger partial charge in [-0.1, -0.05) is 6.42 Å². The van der Waals surface area contributed by atoms with Crippen molar-refractivity contribution in [1.29, 1.82) is 0 Å².